The summed E-state index contributed by atoms with van der Waals surface area (Å²) in [5.74, 6) is 0.546. The molecular weight excluding hydrogens is 328 g/mol. The summed E-state index contributed by atoms with van der Waals surface area (Å²) in [6.45, 7) is 5.14. The number of rotatable bonds is 7. The summed E-state index contributed by atoms with van der Waals surface area (Å²) in [5.41, 5.74) is 1.53. The molecule has 1 N–H and O–H groups in total. The van der Waals surface area contributed by atoms with Gasteiger partial charge in [-0.15, -0.1) is 17.9 Å². The second-order valence-electron chi connectivity index (χ2n) is 4.91. The number of benzene rings is 1. The third kappa shape index (κ3) is 3.80. The van der Waals surface area contributed by atoms with Crippen molar-refractivity contribution in [3.63, 3.8) is 0 Å². The summed E-state index contributed by atoms with van der Waals surface area (Å²) in [6, 6.07) is 3.32. The minimum Gasteiger partial charge on any atom is -0.493 e. The molecule has 1 amide bonds. The molecule has 2 rings (SSSR count). The number of amides is 1. The molecule has 1 aromatic carbocycles. The van der Waals surface area contributed by atoms with Crippen molar-refractivity contribution in [1.29, 1.82) is 0 Å². The van der Waals surface area contributed by atoms with Crippen LogP contribution in [-0.2, 0) is 6.42 Å². The van der Waals surface area contributed by atoms with Crippen molar-refractivity contribution >= 4 is 28.2 Å². The monoisotopic (exact) mass is 346 g/mol. The highest BCUT2D eigenvalue weighted by molar-refractivity contribution is 7.14. The Bertz CT molecular complexity index is 783. The summed E-state index contributed by atoms with van der Waals surface area (Å²) in [4.78, 5) is 27.8. The van der Waals surface area contributed by atoms with Gasteiger partial charge in [-0.3, -0.25) is 14.9 Å². The van der Waals surface area contributed by atoms with Gasteiger partial charge >= 0.3 is 0 Å². The molecule has 0 fully saturated rings. The molecule has 2 aromatic rings. The van der Waals surface area contributed by atoms with Gasteiger partial charge in [-0.2, -0.15) is 0 Å². The van der Waals surface area contributed by atoms with Crippen molar-refractivity contribution in [2.75, 3.05) is 19.5 Å². The predicted molar refractivity (Wildman–Crippen MR) is 93.5 cm³/mol. The molecule has 126 valence electrons. The molecule has 6 nitrogen and oxygen atoms in total. The van der Waals surface area contributed by atoms with E-state index >= 15 is 0 Å². The van der Waals surface area contributed by atoms with Gasteiger partial charge in [-0.05, 0) is 18.6 Å². The highest BCUT2D eigenvalue weighted by Crippen LogP contribution is 2.33. The van der Waals surface area contributed by atoms with E-state index in [2.05, 4.69) is 16.9 Å². The summed E-state index contributed by atoms with van der Waals surface area (Å²) < 4.78 is 10.7. The number of thiazole rings is 1. The van der Waals surface area contributed by atoms with Gasteiger partial charge in [-0.25, -0.2) is 4.98 Å². The predicted octanol–water partition coefficient (Wildman–Crippen LogP) is 3.34. The number of aromatic nitrogens is 1. The van der Waals surface area contributed by atoms with E-state index in [1.807, 2.05) is 0 Å². The number of allylic oxidation sites excluding steroid dienone is 1. The normalized spacial score (nSPS) is 10.1. The van der Waals surface area contributed by atoms with Crippen molar-refractivity contribution in [2.45, 2.75) is 13.3 Å². The van der Waals surface area contributed by atoms with E-state index in [1.54, 1.807) is 30.7 Å². The summed E-state index contributed by atoms with van der Waals surface area (Å²) >= 11 is 1.20. The standard InChI is InChI=1S/C17H18N2O4S/c1-5-6-11-7-12(8-14(22-3)15(11)23-4)16(21)19-17-18-13(9-24-17)10(2)20/h5,7-9H,1,6H2,2-4H3,(H,18,19,21). The maximum Gasteiger partial charge on any atom is 0.257 e. The van der Waals surface area contributed by atoms with Gasteiger partial charge in [0.05, 0.1) is 14.2 Å². The van der Waals surface area contributed by atoms with Crippen molar-refractivity contribution in [3.8, 4) is 11.5 Å². The molecule has 0 unspecified atom stereocenters. The molecule has 0 saturated carbocycles. The first-order valence-corrected chi connectivity index (χ1v) is 8.01. The van der Waals surface area contributed by atoms with Crippen LogP contribution in [0.15, 0.2) is 30.2 Å². The molecule has 0 saturated heterocycles. The largest absolute Gasteiger partial charge is 0.493 e. The highest BCUT2D eigenvalue weighted by Gasteiger charge is 2.17. The SMILES string of the molecule is C=CCc1cc(C(=O)Nc2nc(C(C)=O)cs2)cc(OC)c1OC. The number of ether oxygens (including phenoxy) is 2. The zero-order valence-electron chi connectivity index (χ0n) is 13.7. The molecule has 0 aliphatic heterocycles. The van der Waals surface area contributed by atoms with E-state index < -0.39 is 0 Å². The lowest BCUT2D eigenvalue weighted by Crippen LogP contribution is -2.13. The molecule has 0 spiro atoms. The second-order valence-corrected chi connectivity index (χ2v) is 5.77. The quantitative estimate of drug-likeness (QED) is 0.614. The Labute approximate surface area is 144 Å². The lowest BCUT2D eigenvalue weighted by Gasteiger charge is -2.14. The minimum absolute atomic E-state index is 0.147. The van der Waals surface area contributed by atoms with Crippen LogP contribution in [0.1, 0.15) is 33.3 Å². The summed E-state index contributed by atoms with van der Waals surface area (Å²) in [6.07, 6.45) is 2.26. The number of Topliss-reactive ketones (excluding diaryl/α,β-unsaturated/α-hetero) is 1. The molecule has 0 radical (unpaired) electrons. The van der Waals surface area contributed by atoms with Crippen LogP contribution in [0, 0.1) is 0 Å². The number of nitrogens with zero attached hydrogens (tertiary/aromatic N) is 1. The van der Waals surface area contributed by atoms with Crippen LogP contribution in [0.2, 0.25) is 0 Å². The smallest absolute Gasteiger partial charge is 0.257 e. The number of ketones is 1. The van der Waals surface area contributed by atoms with E-state index in [0.717, 1.165) is 5.56 Å². The van der Waals surface area contributed by atoms with E-state index in [4.69, 9.17) is 9.47 Å². The Hall–Kier alpha value is -2.67. The molecule has 1 aromatic heterocycles. The van der Waals surface area contributed by atoms with Gasteiger partial charge in [0.1, 0.15) is 5.69 Å². The zero-order chi connectivity index (χ0) is 17.7. The van der Waals surface area contributed by atoms with Crippen LogP contribution < -0.4 is 14.8 Å². The fraction of sp³-hybridized carbons (Fsp3) is 0.235. The highest BCUT2D eigenvalue weighted by atomic mass is 32.1. The van der Waals surface area contributed by atoms with Crippen LogP contribution in [0.25, 0.3) is 0 Å². The maximum atomic E-state index is 12.5. The van der Waals surface area contributed by atoms with Crippen molar-refractivity contribution in [1.82, 2.24) is 4.98 Å². The van der Waals surface area contributed by atoms with Gasteiger partial charge in [0.15, 0.2) is 22.4 Å². The Morgan fingerprint density at radius 3 is 2.62 bits per heavy atom. The number of hydrogen-bond acceptors (Lipinski definition) is 6. The van der Waals surface area contributed by atoms with Crippen LogP contribution in [0.3, 0.4) is 0 Å². The zero-order valence-corrected chi connectivity index (χ0v) is 14.5. The van der Waals surface area contributed by atoms with Gasteiger partial charge in [0.25, 0.3) is 5.91 Å². The number of methoxy groups -OCH3 is 2. The third-order valence-electron chi connectivity index (χ3n) is 3.27. The lowest BCUT2D eigenvalue weighted by atomic mass is 10.1. The summed E-state index contributed by atoms with van der Waals surface area (Å²) in [7, 11) is 3.06. The third-order valence-corrected chi connectivity index (χ3v) is 4.03. The average Bonchev–Trinajstić information content (AvgIpc) is 3.03. The van der Waals surface area contributed by atoms with E-state index in [0.29, 0.717) is 34.3 Å². The maximum absolute atomic E-state index is 12.5. The average molecular weight is 346 g/mol. The molecule has 1 heterocycles. The van der Waals surface area contributed by atoms with Gasteiger partial charge < -0.3 is 9.47 Å². The minimum atomic E-state index is -0.342. The van der Waals surface area contributed by atoms with Crippen LogP contribution in [-0.4, -0.2) is 30.9 Å². The summed E-state index contributed by atoms with van der Waals surface area (Å²) in [5, 5.41) is 4.66. The van der Waals surface area contributed by atoms with E-state index in [1.165, 1.54) is 25.4 Å². The first-order chi connectivity index (χ1) is 11.5. The van der Waals surface area contributed by atoms with Crippen molar-refractivity contribution < 1.29 is 19.1 Å². The van der Waals surface area contributed by atoms with Gasteiger partial charge in [0, 0.05) is 23.4 Å². The van der Waals surface area contributed by atoms with E-state index in [9.17, 15) is 9.59 Å². The van der Waals surface area contributed by atoms with Gasteiger partial charge in [0.2, 0.25) is 0 Å². The van der Waals surface area contributed by atoms with Crippen LogP contribution >= 0.6 is 11.3 Å². The first kappa shape index (κ1) is 17.7. The fourth-order valence-electron chi connectivity index (χ4n) is 2.14. The van der Waals surface area contributed by atoms with Crippen molar-refractivity contribution in [2.24, 2.45) is 0 Å². The molecule has 0 atom stereocenters. The van der Waals surface area contributed by atoms with Gasteiger partial charge in [-0.1, -0.05) is 6.08 Å². The molecule has 0 bridgehead atoms. The van der Waals surface area contributed by atoms with E-state index in [-0.39, 0.29) is 11.7 Å². The molecule has 0 aliphatic rings. The molecular formula is C17H18N2O4S. The number of hydrogen-bond donors (Lipinski definition) is 1. The number of carbonyl (C=O) groups is 2. The first-order valence-electron chi connectivity index (χ1n) is 7.13. The Balaban J connectivity index is 2.32. The number of carbonyl (C=O) groups excluding carboxylic acids is 2. The lowest BCUT2D eigenvalue weighted by molar-refractivity contribution is 0.100. The fourth-order valence-corrected chi connectivity index (χ4v) is 2.89. The Kier molecular flexibility index (Phi) is 5.70. The Morgan fingerprint density at radius 1 is 1.33 bits per heavy atom. The molecule has 24 heavy (non-hydrogen) atoms. The number of nitrogens with one attached hydrogen (secondary N) is 1. The second kappa shape index (κ2) is 7.74. The van der Waals surface area contributed by atoms with Crippen LogP contribution in [0.5, 0.6) is 11.5 Å². The molecule has 0 aliphatic carbocycles. The molecule has 7 heteroatoms. The number of anilines is 1. The van der Waals surface area contributed by atoms with Crippen molar-refractivity contribution in [3.05, 3.63) is 47.0 Å². The van der Waals surface area contributed by atoms with Crippen LogP contribution in [0.4, 0.5) is 5.13 Å². The topological polar surface area (TPSA) is 77.5 Å². The Morgan fingerprint density at radius 2 is 2.08 bits per heavy atom.